The second-order valence-electron chi connectivity index (χ2n) is 7.16. The third-order valence-electron chi connectivity index (χ3n) is 4.76. The highest BCUT2D eigenvalue weighted by molar-refractivity contribution is 7.86. The van der Waals surface area contributed by atoms with Crippen LogP contribution in [0.2, 0.25) is 6.04 Å². The van der Waals surface area contributed by atoms with E-state index in [-0.39, 0.29) is 21.0 Å². The molecular formula is C21H36O3SSi. The molecule has 1 aromatic rings. The van der Waals surface area contributed by atoms with Gasteiger partial charge in [-0.2, -0.15) is 8.42 Å². The molecule has 0 N–H and O–H groups in total. The van der Waals surface area contributed by atoms with Crippen LogP contribution in [0.25, 0.3) is 0 Å². The van der Waals surface area contributed by atoms with Gasteiger partial charge < -0.3 is 0 Å². The molecule has 26 heavy (non-hydrogen) atoms. The SMILES string of the molecule is CC=C(C)[SiH2]CCCCCCCCCCOS(=O)(=O)c1ccc(C)cc1. The van der Waals surface area contributed by atoms with E-state index >= 15 is 0 Å². The molecule has 0 atom stereocenters. The lowest BCUT2D eigenvalue weighted by atomic mass is 10.1. The minimum atomic E-state index is -3.60. The van der Waals surface area contributed by atoms with Crippen molar-refractivity contribution in [3.8, 4) is 0 Å². The molecule has 0 spiro atoms. The van der Waals surface area contributed by atoms with E-state index in [9.17, 15) is 8.42 Å². The fraction of sp³-hybridized carbons (Fsp3) is 0.619. The summed E-state index contributed by atoms with van der Waals surface area (Å²) in [5.41, 5.74) is 1.04. The molecule has 0 aliphatic heterocycles. The van der Waals surface area contributed by atoms with E-state index in [1.165, 1.54) is 44.6 Å². The molecule has 0 heterocycles. The van der Waals surface area contributed by atoms with Crippen molar-refractivity contribution in [2.75, 3.05) is 6.61 Å². The minimum absolute atomic E-state index is 0.0469. The van der Waals surface area contributed by atoms with Crippen molar-refractivity contribution in [2.24, 2.45) is 0 Å². The highest BCUT2D eigenvalue weighted by Gasteiger charge is 2.14. The highest BCUT2D eigenvalue weighted by Crippen LogP contribution is 2.15. The van der Waals surface area contributed by atoms with Gasteiger partial charge in [0.1, 0.15) is 0 Å². The molecule has 3 nitrogen and oxygen atoms in total. The van der Waals surface area contributed by atoms with Crippen molar-refractivity contribution in [1.29, 1.82) is 0 Å². The van der Waals surface area contributed by atoms with Crippen LogP contribution in [-0.2, 0) is 14.3 Å². The quantitative estimate of drug-likeness (QED) is 0.242. The standard InChI is InChI=1S/C21H36O3SSi/c1-4-20(3)26-18-12-10-8-6-5-7-9-11-17-24-25(22,23)21-15-13-19(2)14-16-21/h4,13-16H,5-12,17-18,26H2,1-3H3. The molecule has 0 aliphatic carbocycles. The van der Waals surface area contributed by atoms with Crippen LogP contribution < -0.4 is 0 Å². The van der Waals surface area contributed by atoms with Gasteiger partial charge in [-0.15, -0.1) is 0 Å². The van der Waals surface area contributed by atoms with Gasteiger partial charge in [0, 0.05) is 9.52 Å². The van der Waals surface area contributed by atoms with Gasteiger partial charge >= 0.3 is 0 Å². The molecule has 0 saturated heterocycles. The van der Waals surface area contributed by atoms with Gasteiger partial charge in [-0.05, 0) is 39.3 Å². The molecule has 148 valence electrons. The highest BCUT2D eigenvalue weighted by atomic mass is 32.2. The maximum atomic E-state index is 12.0. The maximum Gasteiger partial charge on any atom is 0.296 e. The lowest BCUT2D eigenvalue weighted by Gasteiger charge is -2.06. The zero-order valence-electron chi connectivity index (χ0n) is 16.8. The minimum Gasteiger partial charge on any atom is -0.266 e. The summed E-state index contributed by atoms with van der Waals surface area (Å²) < 4.78 is 29.2. The fourth-order valence-electron chi connectivity index (χ4n) is 2.83. The molecule has 0 saturated carbocycles. The second-order valence-corrected chi connectivity index (χ2v) is 11.1. The number of rotatable bonds is 14. The normalized spacial score (nSPS) is 13.0. The summed E-state index contributed by atoms with van der Waals surface area (Å²) in [5, 5.41) is 1.64. The summed E-state index contributed by atoms with van der Waals surface area (Å²) in [5.74, 6) is 0. The van der Waals surface area contributed by atoms with E-state index in [1.807, 2.05) is 6.92 Å². The Labute approximate surface area is 163 Å². The van der Waals surface area contributed by atoms with Gasteiger partial charge in [-0.3, -0.25) is 4.18 Å². The van der Waals surface area contributed by atoms with Gasteiger partial charge in [0.15, 0.2) is 0 Å². The van der Waals surface area contributed by atoms with Gasteiger partial charge in [-0.1, -0.05) is 80.0 Å². The maximum absolute atomic E-state index is 12.0. The van der Waals surface area contributed by atoms with Crippen molar-refractivity contribution in [3.05, 3.63) is 41.1 Å². The van der Waals surface area contributed by atoms with Crippen molar-refractivity contribution in [1.82, 2.24) is 0 Å². The van der Waals surface area contributed by atoms with Gasteiger partial charge in [0.05, 0.1) is 11.5 Å². The summed E-state index contributed by atoms with van der Waals surface area (Å²) in [7, 11) is -3.55. The second kappa shape index (κ2) is 13.3. The van der Waals surface area contributed by atoms with Crippen molar-refractivity contribution < 1.29 is 12.6 Å². The zero-order chi connectivity index (χ0) is 19.3. The fourth-order valence-corrected chi connectivity index (χ4v) is 5.22. The van der Waals surface area contributed by atoms with Crippen LogP contribution in [0, 0.1) is 6.92 Å². The number of aryl methyl sites for hydroxylation is 1. The number of unbranched alkanes of at least 4 members (excludes halogenated alkanes) is 7. The van der Waals surface area contributed by atoms with E-state index in [0.717, 1.165) is 18.4 Å². The lowest BCUT2D eigenvalue weighted by Crippen LogP contribution is -2.07. The number of allylic oxidation sites excluding steroid dienone is 2. The molecule has 0 aliphatic rings. The topological polar surface area (TPSA) is 43.4 Å². The first kappa shape index (κ1) is 23.1. The Morgan fingerprint density at radius 1 is 0.962 bits per heavy atom. The zero-order valence-corrected chi connectivity index (χ0v) is 19.0. The molecule has 0 fully saturated rings. The molecule has 0 bridgehead atoms. The van der Waals surface area contributed by atoms with Gasteiger partial charge in [0.2, 0.25) is 0 Å². The van der Waals surface area contributed by atoms with Crippen LogP contribution in [0.15, 0.2) is 40.4 Å². The van der Waals surface area contributed by atoms with Gasteiger partial charge in [0.25, 0.3) is 10.1 Å². The van der Waals surface area contributed by atoms with Gasteiger partial charge in [-0.25, -0.2) is 0 Å². The predicted octanol–water partition coefficient (Wildman–Crippen LogP) is 5.33. The number of hydrogen-bond acceptors (Lipinski definition) is 3. The van der Waals surface area contributed by atoms with Crippen LogP contribution in [0.4, 0.5) is 0 Å². The van der Waals surface area contributed by atoms with Crippen LogP contribution in [0.3, 0.4) is 0 Å². The van der Waals surface area contributed by atoms with Crippen molar-refractivity contribution >= 4 is 19.6 Å². The van der Waals surface area contributed by atoms with E-state index in [2.05, 4.69) is 19.9 Å². The summed E-state index contributed by atoms with van der Waals surface area (Å²) in [6, 6.07) is 8.24. The molecule has 0 aromatic heterocycles. The molecule has 5 heteroatoms. The summed E-state index contributed by atoms with van der Waals surface area (Å²) in [6.45, 7) is 6.63. The van der Waals surface area contributed by atoms with Crippen LogP contribution in [0.5, 0.6) is 0 Å². The third kappa shape index (κ3) is 10.3. The van der Waals surface area contributed by atoms with E-state index < -0.39 is 10.1 Å². The van der Waals surface area contributed by atoms with Crippen molar-refractivity contribution in [2.45, 2.75) is 83.1 Å². The third-order valence-corrected chi connectivity index (χ3v) is 8.13. The Hall–Kier alpha value is -0.913. The average molecular weight is 397 g/mol. The first-order valence-electron chi connectivity index (χ1n) is 10.0. The average Bonchev–Trinajstić information content (AvgIpc) is 2.62. The summed E-state index contributed by atoms with van der Waals surface area (Å²) in [4.78, 5) is 0.246. The Morgan fingerprint density at radius 3 is 2.08 bits per heavy atom. The largest absolute Gasteiger partial charge is 0.296 e. The summed E-state index contributed by atoms with van der Waals surface area (Å²) >= 11 is 0. The molecule has 1 aromatic carbocycles. The Balaban J connectivity index is 1.98. The smallest absolute Gasteiger partial charge is 0.266 e. The summed E-state index contributed by atoms with van der Waals surface area (Å²) in [6.07, 6.45) is 11.9. The molecule has 0 radical (unpaired) electrons. The number of hydrogen-bond donors (Lipinski definition) is 0. The Kier molecular flexibility index (Phi) is 11.8. The number of benzene rings is 1. The van der Waals surface area contributed by atoms with Crippen LogP contribution in [-0.4, -0.2) is 24.5 Å². The Bertz CT molecular complexity index is 621. The molecular weight excluding hydrogens is 360 g/mol. The Morgan fingerprint density at radius 2 is 1.50 bits per heavy atom. The van der Waals surface area contributed by atoms with E-state index in [1.54, 1.807) is 29.5 Å². The molecule has 1 rings (SSSR count). The predicted molar refractivity (Wildman–Crippen MR) is 114 cm³/mol. The van der Waals surface area contributed by atoms with E-state index in [0.29, 0.717) is 0 Å². The molecule has 0 unspecified atom stereocenters. The first-order chi connectivity index (χ1) is 12.5. The first-order valence-corrected chi connectivity index (χ1v) is 13.1. The van der Waals surface area contributed by atoms with Crippen LogP contribution in [0.1, 0.15) is 70.8 Å². The monoisotopic (exact) mass is 396 g/mol. The molecule has 0 amide bonds. The van der Waals surface area contributed by atoms with Crippen molar-refractivity contribution in [3.63, 3.8) is 0 Å². The van der Waals surface area contributed by atoms with Crippen LogP contribution >= 0.6 is 0 Å². The lowest BCUT2D eigenvalue weighted by molar-refractivity contribution is 0.306. The van der Waals surface area contributed by atoms with E-state index in [4.69, 9.17) is 4.18 Å².